The summed E-state index contributed by atoms with van der Waals surface area (Å²) in [6.45, 7) is 0.677. The zero-order valence-electron chi connectivity index (χ0n) is 6.68. The predicted molar refractivity (Wildman–Crippen MR) is 42.1 cm³/mol. The third-order valence-corrected chi connectivity index (χ3v) is 2.58. The van der Waals surface area contributed by atoms with Crippen LogP contribution in [0.5, 0.6) is 0 Å². The maximum atomic E-state index is 9.19. The third kappa shape index (κ3) is 1.47. The molecular weight excluding hydrogens is 140 g/mol. The van der Waals surface area contributed by atoms with E-state index in [9.17, 15) is 5.11 Å². The first kappa shape index (κ1) is 7.32. The molecule has 0 bridgehead atoms. The molecule has 1 aliphatic carbocycles. The summed E-state index contributed by atoms with van der Waals surface area (Å²) in [5.41, 5.74) is 2.93. The van der Waals surface area contributed by atoms with Crippen LogP contribution in [0.1, 0.15) is 32.1 Å². The van der Waals surface area contributed by atoms with Crippen molar-refractivity contribution in [2.24, 2.45) is 0 Å². The Hall–Kier alpha value is -0.340. The zero-order chi connectivity index (χ0) is 7.68. The molecule has 0 fully saturated rings. The monoisotopic (exact) mass is 154 g/mol. The molecule has 0 radical (unpaired) electrons. The summed E-state index contributed by atoms with van der Waals surface area (Å²) < 4.78 is 5.14. The highest BCUT2D eigenvalue weighted by Crippen LogP contribution is 2.31. The molecule has 2 heteroatoms. The summed E-state index contributed by atoms with van der Waals surface area (Å²) in [6.07, 6.45) is 5.23. The molecule has 2 nitrogen and oxygen atoms in total. The Labute approximate surface area is 66.9 Å². The topological polar surface area (TPSA) is 29.5 Å². The molecule has 1 N–H and O–H groups in total. The van der Waals surface area contributed by atoms with Crippen molar-refractivity contribution < 1.29 is 9.84 Å². The van der Waals surface area contributed by atoms with Crippen LogP contribution in [0, 0.1) is 0 Å². The molecule has 1 heterocycles. The molecule has 0 aromatic heterocycles. The highest BCUT2D eigenvalue weighted by atomic mass is 16.6. The molecule has 1 atom stereocenters. The average molecular weight is 154 g/mol. The summed E-state index contributed by atoms with van der Waals surface area (Å²) in [6, 6.07) is 0. The summed E-state index contributed by atoms with van der Waals surface area (Å²) in [5, 5.41) is 9.19. The van der Waals surface area contributed by atoms with E-state index < -0.39 is 6.29 Å². The number of ether oxygens (including phenoxy) is 1. The Bertz CT molecular complexity index is 184. The van der Waals surface area contributed by atoms with Crippen LogP contribution in [0.15, 0.2) is 11.1 Å². The summed E-state index contributed by atoms with van der Waals surface area (Å²) in [5.74, 6) is 0. The second-order valence-corrected chi connectivity index (χ2v) is 3.38. The third-order valence-electron chi connectivity index (χ3n) is 2.58. The first-order valence-corrected chi connectivity index (χ1v) is 4.36. The van der Waals surface area contributed by atoms with E-state index in [4.69, 9.17) is 4.74 Å². The Morgan fingerprint density at radius 3 is 2.73 bits per heavy atom. The number of aliphatic hydroxyl groups is 1. The van der Waals surface area contributed by atoms with Gasteiger partial charge in [-0.15, -0.1) is 0 Å². The minimum Gasteiger partial charge on any atom is -0.368 e. The van der Waals surface area contributed by atoms with Gasteiger partial charge in [0, 0.05) is 6.42 Å². The molecule has 0 saturated carbocycles. The minimum atomic E-state index is -0.521. The normalized spacial score (nSPS) is 31.9. The van der Waals surface area contributed by atoms with Crippen molar-refractivity contribution in [2.45, 2.75) is 38.4 Å². The van der Waals surface area contributed by atoms with Crippen LogP contribution in [-0.4, -0.2) is 18.0 Å². The SMILES string of the molecule is OC1CC2=C(CCCC2)CO1. The first-order chi connectivity index (χ1) is 5.36. The van der Waals surface area contributed by atoms with E-state index in [0.29, 0.717) is 6.61 Å². The Morgan fingerprint density at radius 1 is 1.18 bits per heavy atom. The van der Waals surface area contributed by atoms with Crippen LogP contribution < -0.4 is 0 Å². The highest BCUT2D eigenvalue weighted by molar-refractivity contribution is 5.19. The van der Waals surface area contributed by atoms with Crippen LogP contribution in [0.3, 0.4) is 0 Å². The van der Waals surface area contributed by atoms with Crippen LogP contribution >= 0.6 is 0 Å². The van der Waals surface area contributed by atoms with Crippen LogP contribution in [0.25, 0.3) is 0 Å². The lowest BCUT2D eigenvalue weighted by molar-refractivity contribution is -0.0988. The van der Waals surface area contributed by atoms with Crippen LogP contribution in [0.4, 0.5) is 0 Å². The molecule has 1 aliphatic heterocycles. The van der Waals surface area contributed by atoms with Crippen molar-refractivity contribution in [3.8, 4) is 0 Å². The predicted octanol–water partition coefficient (Wildman–Crippen LogP) is 1.60. The number of rotatable bonds is 0. The van der Waals surface area contributed by atoms with Gasteiger partial charge in [0.25, 0.3) is 0 Å². The van der Waals surface area contributed by atoms with E-state index in [0.717, 1.165) is 6.42 Å². The summed E-state index contributed by atoms with van der Waals surface area (Å²) >= 11 is 0. The standard InChI is InChI=1S/C9H14O2/c10-9-5-7-3-1-2-4-8(7)6-11-9/h9-10H,1-6H2. The van der Waals surface area contributed by atoms with Gasteiger partial charge >= 0.3 is 0 Å². The minimum absolute atomic E-state index is 0.521. The molecule has 62 valence electrons. The average Bonchev–Trinajstić information content (AvgIpc) is 2.04. The van der Waals surface area contributed by atoms with Gasteiger partial charge in [0.15, 0.2) is 6.29 Å². The lowest BCUT2D eigenvalue weighted by Crippen LogP contribution is -2.23. The summed E-state index contributed by atoms with van der Waals surface area (Å²) in [7, 11) is 0. The van der Waals surface area contributed by atoms with Crippen molar-refractivity contribution in [1.82, 2.24) is 0 Å². The molecule has 11 heavy (non-hydrogen) atoms. The van der Waals surface area contributed by atoms with Crippen molar-refractivity contribution in [3.63, 3.8) is 0 Å². The Kier molecular flexibility index (Phi) is 1.96. The molecule has 1 unspecified atom stereocenters. The summed E-state index contributed by atoms with van der Waals surface area (Å²) in [4.78, 5) is 0. The second-order valence-electron chi connectivity index (χ2n) is 3.38. The lowest BCUT2D eigenvalue weighted by atomic mass is 9.89. The van der Waals surface area contributed by atoms with Crippen molar-refractivity contribution in [1.29, 1.82) is 0 Å². The molecule has 0 amide bonds. The van der Waals surface area contributed by atoms with Crippen molar-refractivity contribution >= 4 is 0 Å². The molecule has 2 rings (SSSR count). The second kappa shape index (κ2) is 2.95. The number of aliphatic hydroxyl groups excluding tert-OH is 1. The van der Waals surface area contributed by atoms with Gasteiger partial charge in [0.2, 0.25) is 0 Å². The van der Waals surface area contributed by atoms with Crippen molar-refractivity contribution in [2.75, 3.05) is 6.61 Å². The van der Waals surface area contributed by atoms with Gasteiger partial charge in [0.05, 0.1) is 6.61 Å². The smallest absolute Gasteiger partial charge is 0.158 e. The van der Waals surface area contributed by atoms with Gasteiger partial charge in [0.1, 0.15) is 0 Å². The fourth-order valence-corrected chi connectivity index (χ4v) is 1.92. The van der Waals surface area contributed by atoms with Gasteiger partial charge in [-0.3, -0.25) is 0 Å². The maximum Gasteiger partial charge on any atom is 0.158 e. The molecule has 0 spiro atoms. The Balaban J connectivity index is 2.12. The number of hydrogen-bond donors (Lipinski definition) is 1. The fourth-order valence-electron chi connectivity index (χ4n) is 1.92. The van der Waals surface area contributed by atoms with Crippen LogP contribution in [-0.2, 0) is 4.74 Å². The molecule has 0 aromatic rings. The Morgan fingerprint density at radius 2 is 1.91 bits per heavy atom. The molecule has 0 aromatic carbocycles. The zero-order valence-corrected chi connectivity index (χ0v) is 6.68. The van der Waals surface area contributed by atoms with Crippen LogP contribution in [0.2, 0.25) is 0 Å². The fraction of sp³-hybridized carbons (Fsp3) is 0.778. The van der Waals surface area contributed by atoms with E-state index in [2.05, 4.69) is 0 Å². The lowest BCUT2D eigenvalue weighted by Gasteiger charge is -2.27. The van der Waals surface area contributed by atoms with Gasteiger partial charge in [-0.1, -0.05) is 5.57 Å². The van der Waals surface area contributed by atoms with Crippen molar-refractivity contribution in [3.05, 3.63) is 11.1 Å². The highest BCUT2D eigenvalue weighted by Gasteiger charge is 2.21. The van der Waals surface area contributed by atoms with Gasteiger partial charge in [-0.05, 0) is 31.3 Å². The molecular formula is C9H14O2. The van der Waals surface area contributed by atoms with Gasteiger partial charge < -0.3 is 9.84 Å². The van der Waals surface area contributed by atoms with Gasteiger partial charge in [-0.2, -0.15) is 0 Å². The first-order valence-electron chi connectivity index (χ1n) is 4.36. The van der Waals surface area contributed by atoms with E-state index in [1.54, 1.807) is 0 Å². The van der Waals surface area contributed by atoms with E-state index >= 15 is 0 Å². The van der Waals surface area contributed by atoms with Gasteiger partial charge in [-0.25, -0.2) is 0 Å². The molecule has 0 saturated heterocycles. The number of hydrogen-bond acceptors (Lipinski definition) is 2. The quantitative estimate of drug-likeness (QED) is 0.537. The van der Waals surface area contributed by atoms with E-state index in [-0.39, 0.29) is 0 Å². The van der Waals surface area contributed by atoms with E-state index in [1.807, 2.05) is 0 Å². The largest absolute Gasteiger partial charge is 0.368 e. The van der Waals surface area contributed by atoms with E-state index in [1.165, 1.54) is 36.8 Å². The maximum absolute atomic E-state index is 9.19. The molecule has 2 aliphatic rings.